The van der Waals surface area contributed by atoms with Crippen molar-refractivity contribution < 1.29 is 0 Å². The molecule has 0 amide bonds. The maximum Gasteiger partial charge on any atom is 0.0491 e. The lowest BCUT2D eigenvalue weighted by atomic mass is 9.87. The quantitative estimate of drug-likeness (QED) is 0.151. The van der Waals surface area contributed by atoms with Gasteiger partial charge in [0.1, 0.15) is 0 Å². The average molecular weight is 587 g/mol. The molecule has 0 fully saturated rings. The fourth-order valence-corrected chi connectivity index (χ4v) is 3.34. The summed E-state index contributed by atoms with van der Waals surface area (Å²) in [4.78, 5) is 0. The molecule has 0 aromatic heterocycles. The van der Waals surface area contributed by atoms with Crippen molar-refractivity contribution in [1.29, 1.82) is 0 Å². The Morgan fingerprint density at radius 3 is 1.77 bits per heavy atom. The first-order chi connectivity index (χ1) is 20.5. The van der Waals surface area contributed by atoms with Crippen LogP contribution >= 0.6 is 0 Å². The molecule has 2 N–H and O–H groups in total. The molecule has 1 atom stereocenters. The predicted octanol–water partition coefficient (Wildman–Crippen LogP) is 11.9. The Morgan fingerprint density at radius 1 is 0.884 bits per heavy atom. The van der Waals surface area contributed by atoms with Gasteiger partial charge in [0.15, 0.2) is 0 Å². The zero-order valence-electron chi connectivity index (χ0n) is 30.2. The van der Waals surface area contributed by atoms with E-state index in [1.54, 1.807) is 0 Å². The van der Waals surface area contributed by atoms with Crippen LogP contribution in [0.1, 0.15) is 102 Å². The molecule has 1 aliphatic rings. The summed E-state index contributed by atoms with van der Waals surface area (Å²) in [5.41, 5.74) is 17.1. The monoisotopic (exact) mass is 587 g/mol. The second-order valence-electron chi connectivity index (χ2n) is 9.47. The molecule has 240 valence electrons. The minimum Gasteiger partial charge on any atom is -0.322 e. The summed E-state index contributed by atoms with van der Waals surface area (Å²) in [7, 11) is 1.85. The predicted molar refractivity (Wildman–Crippen MR) is 202 cm³/mol. The van der Waals surface area contributed by atoms with Gasteiger partial charge in [0.25, 0.3) is 0 Å². The first-order valence-corrected chi connectivity index (χ1v) is 15.3. The largest absolute Gasteiger partial charge is 0.322 e. The van der Waals surface area contributed by atoms with Crippen LogP contribution in [0.4, 0.5) is 0 Å². The number of rotatable bonds is 10. The molecule has 0 heterocycles. The minimum absolute atomic E-state index is 0.352. The first kappa shape index (κ1) is 49.0. The maximum atomic E-state index is 4.21. The van der Waals surface area contributed by atoms with Gasteiger partial charge in [-0.05, 0) is 81.7 Å². The van der Waals surface area contributed by atoms with Gasteiger partial charge in [0.05, 0.1) is 0 Å². The van der Waals surface area contributed by atoms with E-state index in [9.17, 15) is 0 Å². The Labute approximate surface area is 270 Å². The molecule has 0 bridgehead atoms. The molecule has 1 rings (SSSR count). The molecule has 1 aliphatic carbocycles. The summed E-state index contributed by atoms with van der Waals surface area (Å²) in [5, 5.41) is 0. The molecule has 1 unspecified atom stereocenters. The topological polar surface area (TPSA) is 24.1 Å². The van der Waals surface area contributed by atoms with Crippen LogP contribution < -0.4 is 10.9 Å². The molecule has 0 saturated carbocycles. The van der Waals surface area contributed by atoms with Crippen LogP contribution in [0.15, 0.2) is 119 Å². The van der Waals surface area contributed by atoms with Crippen LogP contribution in [-0.4, -0.2) is 7.05 Å². The summed E-state index contributed by atoms with van der Waals surface area (Å²) in [6, 6.07) is 0. The molecule has 0 radical (unpaired) electrons. The van der Waals surface area contributed by atoms with E-state index in [1.807, 2.05) is 40.0 Å². The lowest BCUT2D eigenvalue weighted by Gasteiger charge is -2.21. The summed E-state index contributed by atoms with van der Waals surface area (Å²) in [6.07, 6.45) is 36.4. The van der Waals surface area contributed by atoms with E-state index in [0.29, 0.717) is 5.92 Å². The third-order valence-electron chi connectivity index (χ3n) is 6.04. The van der Waals surface area contributed by atoms with Gasteiger partial charge in [0.2, 0.25) is 0 Å². The van der Waals surface area contributed by atoms with Crippen molar-refractivity contribution >= 4 is 0 Å². The average Bonchev–Trinajstić information content (AvgIpc) is 3.03. The number of hydrogen-bond donors (Lipinski definition) is 2. The number of terminal acetylenes is 2. The van der Waals surface area contributed by atoms with E-state index >= 15 is 0 Å². The van der Waals surface area contributed by atoms with E-state index in [0.717, 1.165) is 29.7 Å². The Morgan fingerprint density at radius 2 is 1.40 bits per heavy atom. The Bertz CT molecular complexity index is 1030. The Kier molecular flexibility index (Phi) is 39.3. The molecule has 0 saturated heterocycles. The zero-order chi connectivity index (χ0) is 35.0. The van der Waals surface area contributed by atoms with Gasteiger partial charge in [-0.3, -0.25) is 0 Å². The number of allylic oxidation sites excluding steroid dienone is 15. The third-order valence-corrected chi connectivity index (χ3v) is 6.04. The van der Waals surface area contributed by atoms with Crippen molar-refractivity contribution in [3.05, 3.63) is 119 Å². The molecule has 0 spiro atoms. The summed E-state index contributed by atoms with van der Waals surface area (Å²) >= 11 is 0. The summed E-state index contributed by atoms with van der Waals surface area (Å²) in [5.74, 6) is 0.352. The van der Waals surface area contributed by atoms with Gasteiger partial charge >= 0.3 is 0 Å². The molecule has 0 aliphatic heterocycles. The van der Waals surface area contributed by atoms with Gasteiger partial charge in [0, 0.05) is 18.3 Å². The summed E-state index contributed by atoms with van der Waals surface area (Å²) in [6.45, 7) is 37.1. The summed E-state index contributed by atoms with van der Waals surface area (Å²) < 4.78 is 0. The highest BCUT2D eigenvalue weighted by Gasteiger charge is 2.14. The normalized spacial score (nSPS) is 15.5. The maximum absolute atomic E-state index is 4.21. The second kappa shape index (κ2) is 34.5. The Hall–Kier alpha value is -3.72. The molecule has 2 heteroatoms. The van der Waals surface area contributed by atoms with Crippen LogP contribution in [0.2, 0.25) is 0 Å². The molecule has 0 aromatic rings. The SMILES string of the molecule is C#C.C#C.C=C/C(CC)=C(/C)CC.C=C\C(C)=C/C=C(C)/C(C)=C/C(C(=C)NNC)=C1/C=C(C)C=CC1C.CC.CCC. The smallest absolute Gasteiger partial charge is 0.0491 e. The number of hydrazine groups is 1. The first-order valence-electron chi connectivity index (χ1n) is 15.3. The Balaban J connectivity index is -0.000000221. The van der Waals surface area contributed by atoms with Gasteiger partial charge in [-0.2, -0.15) is 0 Å². The molecule has 0 aromatic carbocycles. The van der Waals surface area contributed by atoms with Crippen LogP contribution in [0.25, 0.3) is 0 Å². The van der Waals surface area contributed by atoms with E-state index in [-0.39, 0.29) is 0 Å². The van der Waals surface area contributed by atoms with Crippen molar-refractivity contribution in [2.45, 2.75) is 102 Å². The van der Waals surface area contributed by atoms with E-state index in [1.165, 1.54) is 39.9 Å². The minimum atomic E-state index is 0.352. The number of hydrogen-bond acceptors (Lipinski definition) is 2. The van der Waals surface area contributed by atoms with Crippen LogP contribution in [0, 0.1) is 31.6 Å². The molecular formula is C41H66N2. The van der Waals surface area contributed by atoms with E-state index in [4.69, 9.17) is 0 Å². The highest BCUT2D eigenvalue weighted by atomic mass is 15.3. The second-order valence-corrected chi connectivity index (χ2v) is 9.47. The highest BCUT2D eigenvalue weighted by molar-refractivity contribution is 5.53. The van der Waals surface area contributed by atoms with Gasteiger partial charge in [-0.1, -0.05) is 134 Å². The van der Waals surface area contributed by atoms with E-state index in [2.05, 4.69) is 155 Å². The lowest BCUT2D eigenvalue weighted by molar-refractivity contribution is 0.697. The number of nitrogens with one attached hydrogen (secondary N) is 2. The fourth-order valence-electron chi connectivity index (χ4n) is 3.34. The highest BCUT2D eigenvalue weighted by Crippen LogP contribution is 2.29. The third kappa shape index (κ3) is 24.6. The van der Waals surface area contributed by atoms with Crippen LogP contribution in [-0.2, 0) is 0 Å². The van der Waals surface area contributed by atoms with Gasteiger partial charge in [-0.25, -0.2) is 5.43 Å². The van der Waals surface area contributed by atoms with E-state index < -0.39 is 0 Å². The molecule has 2 nitrogen and oxygen atoms in total. The van der Waals surface area contributed by atoms with Crippen LogP contribution in [0.5, 0.6) is 0 Å². The van der Waals surface area contributed by atoms with Crippen LogP contribution in [0.3, 0.4) is 0 Å². The van der Waals surface area contributed by atoms with Crippen molar-refractivity contribution in [2.24, 2.45) is 5.92 Å². The van der Waals surface area contributed by atoms with Gasteiger partial charge < -0.3 is 5.43 Å². The van der Waals surface area contributed by atoms with Crippen molar-refractivity contribution in [1.82, 2.24) is 10.9 Å². The molecular weight excluding hydrogens is 520 g/mol. The van der Waals surface area contributed by atoms with Gasteiger partial charge in [-0.15, -0.1) is 25.7 Å². The standard InChI is InChI=1S/C23H32N2.C9H16.C3H8.C2H6.2C2H2/c1-9-16(2)10-12-18(4)20(6)15-23(21(7)25-24-8)22-14-17(3)11-13-19(22)5;1-5-8(4)9(6-2)7-3;1-3-2;3*1-2/h9-15,19,24-25H,1,7H2,2-6,8H3;6H,2,5,7H2,1,3-4H3;3H2,1-2H3;1-2H3;2*1-2H/b16-10-,18-12+,20-15+,23-22+;9-8+;;;;. The zero-order valence-corrected chi connectivity index (χ0v) is 30.2. The van der Waals surface area contributed by atoms with Crippen molar-refractivity contribution in [3.63, 3.8) is 0 Å². The lowest BCUT2D eigenvalue weighted by Crippen LogP contribution is -2.27. The van der Waals surface area contributed by atoms with Crippen molar-refractivity contribution in [2.75, 3.05) is 7.05 Å². The fraction of sp³-hybridized carbons (Fsp3) is 0.415. The van der Waals surface area contributed by atoms with Crippen molar-refractivity contribution in [3.8, 4) is 25.7 Å². The molecule has 43 heavy (non-hydrogen) atoms.